The molecule has 0 spiro atoms. The van der Waals surface area contributed by atoms with Crippen molar-refractivity contribution in [2.24, 2.45) is 0 Å². The van der Waals surface area contributed by atoms with Gasteiger partial charge in [0.2, 0.25) is 0 Å². The Bertz CT molecular complexity index is 459. The van der Waals surface area contributed by atoms with E-state index in [2.05, 4.69) is 10.6 Å². The Labute approximate surface area is 118 Å². The summed E-state index contributed by atoms with van der Waals surface area (Å²) in [5, 5.41) is 17.4. The van der Waals surface area contributed by atoms with Crippen LogP contribution in [-0.4, -0.2) is 30.7 Å². The highest BCUT2D eigenvalue weighted by atomic mass is 16.6. The SMILES string of the molecule is CCNc1cccc(NCCC2CCCO2)c1[N+](=O)[O-]. The Morgan fingerprint density at radius 1 is 1.40 bits per heavy atom. The first-order chi connectivity index (χ1) is 9.72. The Morgan fingerprint density at radius 2 is 2.15 bits per heavy atom. The second-order valence-electron chi connectivity index (χ2n) is 4.84. The van der Waals surface area contributed by atoms with Gasteiger partial charge in [-0.1, -0.05) is 6.07 Å². The third-order valence-electron chi connectivity index (χ3n) is 3.39. The topological polar surface area (TPSA) is 76.4 Å². The Hall–Kier alpha value is -1.82. The highest BCUT2D eigenvalue weighted by Gasteiger charge is 2.20. The molecule has 110 valence electrons. The van der Waals surface area contributed by atoms with Gasteiger partial charge >= 0.3 is 5.69 Å². The third-order valence-corrected chi connectivity index (χ3v) is 3.39. The lowest BCUT2D eigenvalue weighted by atomic mass is 10.1. The number of benzene rings is 1. The molecule has 1 aromatic carbocycles. The summed E-state index contributed by atoms with van der Waals surface area (Å²) in [6.45, 7) is 4.09. The maximum atomic E-state index is 11.2. The van der Waals surface area contributed by atoms with E-state index in [0.717, 1.165) is 25.9 Å². The molecule has 6 nitrogen and oxygen atoms in total. The van der Waals surface area contributed by atoms with Gasteiger partial charge in [0.25, 0.3) is 0 Å². The largest absolute Gasteiger partial charge is 0.380 e. The van der Waals surface area contributed by atoms with E-state index in [0.29, 0.717) is 30.6 Å². The van der Waals surface area contributed by atoms with Crippen LogP contribution < -0.4 is 10.6 Å². The first-order valence-electron chi connectivity index (χ1n) is 7.09. The van der Waals surface area contributed by atoms with Crippen molar-refractivity contribution in [1.29, 1.82) is 0 Å². The van der Waals surface area contributed by atoms with Crippen LogP contribution in [0.1, 0.15) is 26.2 Å². The normalized spacial score (nSPS) is 17.9. The first-order valence-corrected chi connectivity index (χ1v) is 7.09. The highest BCUT2D eigenvalue weighted by Crippen LogP contribution is 2.32. The summed E-state index contributed by atoms with van der Waals surface area (Å²) in [5.74, 6) is 0. The van der Waals surface area contributed by atoms with Crippen molar-refractivity contribution in [3.63, 3.8) is 0 Å². The highest BCUT2D eigenvalue weighted by molar-refractivity contribution is 5.76. The zero-order chi connectivity index (χ0) is 14.4. The van der Waals surface area contributed by atoms with Crippen molar-refractivity contribution >= 4 is 17.1 Å². The van der Waals surface area contributed by atoms with Crippen LogP contribution in [0, 0.1) is 10.1 Å². The molecule has 0 aliphatic carbocycles. The molecule has 1 unspecified atom stereocenters. The Kier molecular flexibility index (Phi) is 5.17. The molecule has 1 fully saturated rings. The van der Waals surface area contributed by atoms with Crippen LogP contribution in [-0.2, 0) is 4.74 Å². The molecule has 0 radical (unpaired) electrons. The molecule has 0 amide bonds. The van der Waals surface area contributed by atoms with E-state index in [9.17, 15) is 10.1 Å². The van der Waals surface area contributed by atoms with Crippen LogP contribution in [0.3, 0.4) is 0 Å². The molecular weight excluding hydrogens is 258 g/mol. The number of nitro groups is 1. The number of para-hydroxylation sites is 1. The maximum absolute atomic E-state index is 11.2. The van der Waals surface area contributed by atoms with Crippen LogP contribution in [0.2, 0.25) is 0 Å². The number of nitro benzene ring substituents is 1. The number of nitrogens with one attached hydrogen (secondary N) is 2. The van der Waals surface area contributed by atoms with Crippen LogP contribution in [0.4, 0.5) is 17.1 Å². The summed E-state index contributed by atoms with van der Waals surface area (Å²) in [5.41, 5.74) is 1.23. The van der Waals surface area contributed by atoms with Gasteiger partial charge in [-0.2, -0.15) is 0 Å². The molecule has 2 N–H and O–H groups in total. The van der Waals surface area contributed by atoms with Gasteiger partial charge in [-0.15, -0.1) is 0 Å². The zero-order valence-electron chi connectivity index (χ0n) is 11.7. The predicted molar refractivity (Wildman–Crippen MR) is 79.3 cm³/mol. The quantitative estimate of drug-likeness (QED) is 0.592. The van der Waals surface area contributed by atoms with Crippen LogP contribution in [0.15, 0.2) is 18.2 Å². The minimum absolute atomic E-state index is 0.113. The summed E-state index contributed by atoms with van der Waals surface area (Å²) < 4.78 is 5.54. The van der Waals surface area contributed by atoms with Gasteiger partial charge in [0.05, 0.1) is 11.0 Å². The fourth-order valence-electron chi connectivity index (χ4n) is 2.46. The lowest BCUT2D eigenvalue weighted by Crippen LogP contribution is -2.13. The molecule has 0 saturated carbocycles. The van der Waals surface area contributed by atoms with Crippen molar-refractivity contribution in [3.05, 3.63) is 28.3 Å². The van der Waals surface area contributed by atoms with Crippen molar-refractivity contribution in [3.8, 4) is 0 Å². The minimum Gasteiger partial charge on any atom is -0.380 e. The van der Waals surface area contributed by atoms with E-state index >= 15 is 0 Å². The van der Waals surface area contributed by atoms with Gasteiger partial charge in [-0.05, 0) is 38.3 Å². The Morgan fingerprint density at radius 3 is 2.75 bits per heavy atom. The third kappa shape index (κ3) is 3.60. The Balaban J connectivity index is 2.01. The summed E-state index contributed by atoms with van der Waals surface area (Å²) in [6, 6.07) is 5.29. The molecule has 20 heavy (non-hydrogen) atoms. The summed E-state index contributed by atoms with van der Waals surface area (Å²) >= 11 is 0. The maximum Gasteiger partial charge on any atom is 0.315 e. The van der Waals surface area contributed by atoms with Crippen molar-refractivity contribution in [1.82, 2.24) is 0 Å². The molecule has 1 heterocycles. The molecular formula is C14H21N3O3. The second kappa shape index (κ2) is 7.09. The second-order valence-corrected chi connectivity index (χ2v) is 4.84. The summed E-state index contributed by atoms with van der Waals surface area (Å²) in [4.78, 5) is 10.9. The van der Waals surface area contributed by atoms with Crippen LogP contribution >= 0.6 is 0 Å². The number of rotatable bonds is 7. The zero-order valence-corrected chi connectivity index (χ0v) is 11.7. The van der Waals surface area contributed by atoms with Crippen molar-refractivity contribution < 1.29 is 9.66 Å². The van der Waals surface area contributed by atoms with Gasteiger partial charge in [-0.3, -0.25) is 10.1 Å². The average Bonchev–Trinajstić information content (AvgIpc) is 2.92. The number of hydrogen-bond acceptors (Lipinski definition) is 5. The number of hydrogen-bond donors (Lipinski definition) is 2. The lowest BCUT2D eigenvalue weighted by molar-refractivity contribution is -0.383. The molecule has 1 aromatic rings. The van der Waals surface area contributed by atoms with E-state index in [1.54, 1.807) is 12.1 Å². The standard InChI is InChI=1S/C14H21N3O3/c1-2-15-12-6-3-7-13(14(12)17(18)19)16-9-8-11-5-4-10-20-11/h3,6-7,11,15-16H,2,4-5,8-10H2,1H3. The first kappa shape index (κ1) is 14.6. The van der Waals surface area contributed by atoms with Crippen molar-refractivity contribution in [2.45, 2.75) is 32.3 Å². The molecule has 1 atom stereocenters. The molecule has 2 rings (SSSR count). The van der Waals surface area contributed by atoms with E-state index in [1.807, 2.05) is 13.0 Å². The molecule has 0 bridgehead atoms. The molecule has 6 heteroatoms. The number of nitrogens with zero attached hydrogens (tertiary/aromatic N) is 1. The van der Waals surface area contributed by atoms with E-state index in [-0.39, 0.29) is 10.6 Å². The fourth-order valence-corrected chi connectivity index (χ4v) is 2.46. The predicted octanol–water partition coefficient (Wildman–Crippen LogP) is 3.01. The van der Waals surface area contributed by atoms with Crippen molar-refractivity contribution in [2.75, 3.05) is 30.3 Å². The number of ether oxygens (including phenoxy) is 1. The van der Waals surface area contributed by atoms with Gasteiger partial charge in [0.1, 0.15) is 11.4 Å². The van der Waals surface area contributed by atoms with Crippen LogP contribution in [0.5, 0.6) is 0 Å². The molecule has 1 saturated heterocycles. The molecule has 0 aromatic heterocycles. The van der Waals surface area contributed by atoms with Gasteiger partial charge in [-0.25, -0.2) is 0 Å². The van der Waals surface area contributed by atoms with E-state index in [1.165, 1.54) is 0 Å². The van der Waals surface area contributed by atoms with Gasteiger partial charge < -0.3 is 15.4 Å². The molecule has 1 aliphatic heterocycles. The summed E-state index contributed by atoms with van der Waals surface area (Å²) in [6.07, 6.45) is 3.36. The lowest BCUT2D eigenvalue weighted by Gasteiger charge is -2.13. The smallest absolute Gasteiger partial charge is 0.315 e. The summed E-state index contributed by atoms with van der Waals surface area (Å²) in [7, 11) is 0. The minimum atomic E-state index is -0.341. The van der Waals surface area contributed by atoms with Gasteiger partial charge in [0, 0.05) is 19.7 Å². The number of anilines is 2. The molecule has 1 aliphatic rings. The van der Waals surface area contributed by atoms with Gasteiger partial charge in [0.15, 0.2) is 0 Å². The van der Waals surface area contributed by atoms with E-state index < -0.39 is 0 Å². The average molecular weight is 279 g/mol. The fraction of sp³-hybridized carbons (Fsp3) is 0.571. The van der Waals surface area contributed by atoms with E-state index in [4.69, 9.17) is 4.74 Å². The van der Waals surface area contributed by atoms with Crippen LogP contribution in [0.25, 0.3) is 0 Å². The monoisotopic (exact) mass is 279 g/mol.